The van der Waals surface area contributed by atoms with E-state index in [-0.39, 0.29) is 35.3 Å². The van der Waals surface area contributed by atoms with Crippen molar-refractivity contribution in [1.82, 2.24) is 24.5 Å². The van der Waals surface area contributed by atoms with Crippen LogP contribution in [0, 0.1) is 11.7 Å². The van der Waals surface area contributed by atoms with E-state index in [1.54, 1.807) is 17.5 Å². The molecular weight excluding hydrogens is 509 g/mol. The minimum atomic E-state index is -0.451. The number of halogens is 1. The number of carbonyl (C=O) groups excluding carboxylic acids is 2. The number of aromatic nitrogens is 4. The molecule has 3 atom stereocenters. The molecule has 0 saturated heterocycles. The second-order valence-corrected chi connectivity index (χ2v) is 11.1. The molecule has 0 N–H and O–H groups in total. The predicted molar refractivity (Wildman–Crippen MR) is 145 cm³/mol. The lowest BCUT2D eigenvalue weighted by Gasteiger charge is -2.35. The normalized spacial score (nSPS) is 21.8. The van der Waals surface area contributed by atoms with Crippen LogP contribution in [0.2, 0.25) is 0 Å². The van der Waals surface area contributed by atoms with Gasteiger partial charge < -0.3 is 9.64 Å². The van der Waals surface area contributed by atoms with Crippen molar-refractivity contribution in [2.75, 3.05) is 13.2 Å². The Balaban J connectivity index is 1.20. The van der Waals surface area contributed by atoms with Crippen LogP contribution < -0.4 is 0 Å². The Kier molecular flexibility index (Phi) is 5.91. The zero-order valence-corrected chi connectivity index (χ0v) is 22.5. The Labute approximate surface area is 231 Å². The van der Waals surface area contributed by atoms with Gasteiger partial charge in [0.25, 0.3) is 5.91 Å². The summed E-state index contributed by atoms with van der Waals surface area (Å²) in [7, 11) is 0. The van der Waals surface area contributed by atoms with Crippen molar-refractivity contribution in [3.8, 4) is 11.3 Å². The molecule has 3 aliphatic rings. The molecule has 3 aromatic heterocycles. The van der Waals surface area contributed by atoms with Crippen LogP contribution in [0.1, 0.15) is 84.0 Å². The number of carbonyl (C=O) groups is 2. The molecule has 0 spiro atoms. The molecule has 4 heterocycles. The van der Waals surface area contributed by atoms with Crippen LogP contribution >= 0.6 is 0 Å². The van der Waals surface area contributed by atoms with Gasteiger partial charge in [-0.3, -0.25) is 14.6 Å². The Bertz CT molecular complexity index is 1660. The number of nitrogens with zero attached hydrogens (tertiary/aromatic N) is 5. The minimum absolute atomic E-state index is 0.0473. The number of pyridine rings is 1. The van der Waals surface area contributed by atoms with Crippen LogP contribution in [0.25, 0.3) is 16.9 Å². The number of rotatable bonds is 6. The Morgan fingerprint density at radius 2 is 1.98 bits per heavy atom. The van der Waals surface area contributed by atoms with Gasteiger partial charge in [0, 0.05) is 42.0 Å². The van der Waals surface area contributed by atoms with E-state index < -0.39 is 5.82 Å². The number of esters is 1. The maximum atomic E-state index is 15.3. The second kappa shape index (κ2) is 9.50. The maximum Gasteiger partial charge on any atom is 0.309 e. The van der Waals surface area contributed by atoms with E-state index in [1.165, 1.54) is 23.4 Å². The number of fused-ring (bicyclic) bond motifs is 2. The van der Waals surface area contributed by atoms with Gasteiger partial charge in [-0.05, 0) is 62.8 Å². The number of benzene rings is 1. The van der Waals surface area contributed by atoms with Gasteiger partial charge in [-0.15, -0.1) is 0 Å². The molecule has 40 heavy (non-hydrogen) atoms. The van der Waals surface area contributed by atoms with Gasteiger partial charge in [0.1, 0.15) is 11.5 Å². The van der Waals surface area contributed by atoms with Crippen molar-refractivity contribution in [3.63, 3.8) is 0 Å². The van der Waals surface area contributed by atoms with E-state index in [4.69, 9.17) is 14.8 Å². The van der Waals surface area contributed by atoms with Crippen LogP contribution in [0.4, 0.5) is 4.39 Å². The summed E-state index contributed by atoms with van der Waals surface area (Å²) in [6.45, 7) is 4.79. The van der Waals surface area contributed by atoms with Crippen molar-refractivity contribution in [2.24, 2.45) is 5.92 Å². The standard InChI is InChI=1S/C31H30FN5O3/c1-3-40-31(39)22-12-21(22)25-13-24(32)23(16-33-25)26-15-29-34-27(14-28(19-8-9-19)37(29)35-26)30(38)36-11-10-18-6-4-5-7-20(18)17(36)2/h4-7,13-17,19,21-22H,3,8-12H2,1-2H3/t17-,21-,22-/m1/s1. The van der Waals surface area contributed by atoms with E-state index in [2.05, 4.69) is 24.0 Å². The molecule has 2 fully saturated rings. The Hall–Kier alpha value is -4.14. The molecule has 1 aromatic carbocycles. The number of amides is 1. The molecule has 1 aliphatic heterocycles. The van der Waals surface area contributed by atoms with Crippen molar-refractivity contribution >= 4 is 17.5 Å². The van der Waals surface area contributed by atoms with E-state index in [0.29, 0.717) is 48.2 Å². The van der Waals surface area contributed by atoms with Gasteiger partial charge in [-0.2, -0.15) is 5.10 Å². The van der Waals surface area contributed by atoms with Gasteiger partial charge in [0.2, 0.25) is 0 Å². The zero-order chi connectivity index (χ0) is 27.5. The monoisotopic (exact) mass is 539 g/mol. The van der Waals surface area contributed by atoms with Crippen molar-refractivity contribution in [3.05, 3.63) is 82.7 Å². The molecule has 8 nitrogen and oxygen atoms in total. The topological polar surface area (TPSA) is 89.7 Å². The molecule has 2 saturated carbocycles. The maximum absolute atomic E-state index is 15.3. The largest absolute Gasteiger partial charge is 0.466 e. The number of hydrogen-bond acceptors (Lipinski definition) is 6. The molecule has 204 valence electrons. The first kappa shape index (κ1) is 24.9. The second-order valence-electron chi connectivity index (χ2n) is 11.1. The highest BCUT2D eigenvalue weighted by atomic mass is 19.1. The van der Waals surface area contributed by atoms with Crippen LogP contribution in [-0.2, 0) is 16.0 Å². The van der Waals surface area contributed by atoms with Crippen LogP contribution in [0.15, 0.2) is 48.7 Å². The van der Waals surface area contributed by atoms with Gasteiger partial charge in [-0.25, -0.2) is 13.9 Å². The third-order valence-corrected chi connectivity index (χ3v) is 8.44. The van der Waals surface area contributed by atoms with E-state index in [9.17, 15) is 9.59 Å². The summed E-state index contributed by atoms with van der Waals surface area (Å²) in [5, 5.41) is 4.70. The predicted octanol–water partition coefficient (Wildman–Crippen LogP) is 5.23. The molecule has 0 bridgehead atoms. The summed E-state index contributed by atoms with van der Waals surface area (Å²) in [4.78, 5) is 36.8. The van der Waals surface area contributed by atoms with Crippen molar-refractivity contribution in [1.29, 1.82) is 0 Å². The highest BCUT2D eigenvalue weighted by Crippen LogP contribution is 2.48. The molecule has 0 radical (unpaired) electrons. The van der Waals surface area contributed by atoms with Crippen LogP contribution in [0.5, 0.6) is 0 Å². The lowest BCUT2D eigenvalue weighted by molar-refractivity contribution is -0.144. The summed E-state index contributed by atoms with van der Waals surface area (Å²) in [5.74, 6) is -0.898. The fourth-order valence-electron chi connectivity index (χ4n) is 5.97. The number of ether oxygens (including phenoxy) is 1. The lowest BCUT2D eigenvalue weighted by atomic mass is 9.93. The van der Waals surface area contributed by atoms with Gasteiger partial charge >= 0.3 is 5.97 Å². The third-order valence-electron chi connectivity index (χ3n) is 8.44. The first-order valence-electron chi connectivity index (χ1n) is 14.0. The first-order chi connectivity index (χ1) is 19.4. The number of hydrogen-bond donors (Lipinski definition) is 0. The fraction of sp³-hybridized carbons (Fsp3) is 0.387. The van der Waals surface area contributed by atoms with Crippen LogP contribution in [0.3, 0.4) is 0 Å². The molecule has 9 heteroatoms. The van der Waals surface area contributed by atoms with E-state index in [0.717, 1.165) is 25.0 Å². The highest BCUT2D eigenvalue weighted by Gasteiger charge is 2.46. The van der Waals surface area contributed by atoms with Crippen molar-refractivity contribution < 1.29 is 18.7 Å². The summed E-state index contributed by atoms with van der Waals surface area (Å²) in [6.07, 6.45) is 4.94. The molecule has 2 aliphatic carbocycles. The summed E-state index contributed by atoms with van der Waals surface area (Å²) >= 11 is 0. The summed E-state index contributed by atoms with van der Waals surface area (Å²) in [5.41, 5.74) is 5.49. The Morgan fingerprint density at radius 3 is 2.75 bits per heavy atom. The van der Waals surface area contributed by atoms with Gasteiger partial charge in [0.15, 0.2) is 5.65 Å². The molecular formula is C31H30FN5O3. The van der Waals surface area contributed by atoms with Gasteiger partial charge in [0.05, 0.1) is 29.8 Å². The van der Waals surface area contributed by atoms with E-state index in [1.807, 2.05) is 23.1 Å². The molecule has 0 unspecified atom stereocenters. The summed E-state index contributed by atoms with van der Waals surface area (Å²) in [6, 6.07) is 13.2. The first-order valence-corrected chi connectivity index (χ1v) is 14.0. The van der Waals surface area contributed by atoms with Crippen molar-refractivity contribution in [2.45, 2.75) is 57.4 Å². The van der Waals surface area contributed by atoms with Gasteiger partial charge in [-0.1, -0.05) is 24.3 Å². The third kappa shape index (κ3) is 4.24. The smallest absolute Gasteiger partial charge is 0.309 e. The zero-order valence-electron chi connectivity index (χ0n) is 22.5. The average Bonchev–Trinajstić information content (AvgIpc) is 3.89. The average molecular weight is 540 g/mol. The quantitative estimate of drug-likeness (QED) is 0.312. The van der Waals surface area contributed by atoms with E-state index >= 15 is 4.39 Å². The summed E-state index contributed by atoms with van der Waals surface area (Å²) < 4.78 is 22.2. The SMILES string of the molecule is CCOC(=O)[C@@H]1C[C@H]1c1cc(F)c(-c2cc3nc(C(=O)N4CCc5ccccc5[C@H]4C)cc(C4CC4)n3n2)cn1. The molecule has 7 rings (SSSR count). The van der Waals surface area contributed by atoms with Crippen LogP contribution in [-0.4, -0.2) is 49.5 Å². The molecule has 4 aromatic rings. The molecule has 1 amide bonds. The minimum Gasteiger partial charge on any atom is -0.466 e. The Morgan fingerprint density at radius 1 is 1.15 bits per heavy atom. The lowest BCUT2D eigenvalue weighted by Crippen LogP contribution is -2.39. The fourth-order valence-corrected chi connectivity index (χ4v) is 5.97. The highest BCUT2D eigenvalue weighted by molar-refractivity contribution is 5.93.